The fraction of sp³-hybridized carbons (Fsp3) is 0.0667. The van der Waals surface area contributed by atoms with E-state index in [2.05, 4.69) is 4.98 Å². The quantitative estimate of drug-likeness (QED) is 0.748. The molecule has 3 rings (SSSR count). The zero-order chi connectivity index (χ0) is 13.9. The Hall–Kier alpha value is -2.40. The van der Waals surface area contributed by atoms with Crippen molar-refractivity contribution >= 4 is 22.9 Å². The molecule has 4 nitrogen and oxygen atoms in total. The van der Waals surface area contributed by atoms with Gasteiger partial charge in [-0.1, -0.05) is 30.4 Å². The van der Waals surface area contributed by atoms with Crippen molar-refractivity contribution in [2.24, 2.45) is 5.73 Å². The molecule has 0 saturated carbocycles. The van der Waals surface area contributed by atoms with Crippen LogP contribution in [0.2, 0.25) is 0 Å². The SMILES string of the molecule is NC(=S)c1cccc(OCc2cn3ccccc3n2)c1. The topological polar surface area (TPSA) is 52.5 Å². The normalized spacial score (nSPS) is 10.6. The maximum absolute atomic E-state index is 5.72. The van der Waals surface area contributed by atoms with E-state index in [4.69, 9.17) is 22.7 Å². The summed E-state index contributed by atoms with van der Waals surface area (Å²) in [7, 11) is 0. The summed E-state index contributed by atoms with van der Waals surface area (Å²) in [5.41, 5.74) is 8.18. The third-order valence-corrected chi connectivity index (χ3v) is 3.15. The van der Waals surface area contributed by atoms with Crippen molar-refractivity contribution in [2.75, 3.05) is 0 Å². The maximum Gasteiger partial charge on any atom is 0.137 e. The van der Waals surface area contributed by atoms with Crippen LogP contribution in [0.5, 0.6) is 5.75 Å². The lowest BCUT2D eigenvalue weighted by atomic mass is 10.2. The predicted octanol–water partition coefficient (Wildman–Crippen LogP) is 2.55. The summed E-state index contributed by atoms with van der Waals surface area (Å²) in [6.07, 6.45) is 3.91. The molecule has 2 aromatic heterocycles. The Labute approximate surface area is 121 Å². The van der Waals surface area contributed by atoms with Crippen LogP contribution in [0.4, 0.5) is 0 Å². The largest absolute Gasteiger partial charge is 0.487 e. The van der Waals surface area contributed by atoms with Crippen molar-refractivity contribution in [3.63, 3.8) is 0 Å². The third kappa shape index (κ3) is 2.62. The van der Waals surface area contributed by atoms with Gasteiger partial charge in [-0.15, -0.1) is 0 Å². The Balaban J connectivity index is 1.75. The van der Waals surface area contributed by atoms with E-state index < -0.39 is 0 Å². The Morgan fingerprint density at radius 2 is 2.15 bits per heavy atom. The van der Waals surface area contributed by atoms with Crippen LogP contribution in [0.1, 0.15) is 11.3 Å². The van der Waals surface area contributed by atoms with E-state index in [1.54, 1.807) is 0 Å². The summed E-state index contributed by atoms with van der Waals surface area (Å²) in [6.45, 7) is 0.405. The fourth-order valence-corrected chi connectivity index (χ4v) is 2.08. The van der Waals surface area contributed by atoms with Crippen molar-refractivity contribution in [3.05, 3.63) is 66.1 Å². The Morgan fingerprint density at radius 1 is 1.25 bits per heavy atom. The predicted molar refractivity (Wildman–Crippen MR) is 81.9 cm³/mol. The number of nitrogens with zero attached hydrogens (tertiary/aromatic N) is 2. The van der Waals surface area contributed by atoms with Crippen molar-refractivity contribution in [2.45, 2.75) is 6.61 Å². The van der Waals surface area contributed by atoms with Crippen LogP contribution >= 0.6 is 12.2 Å². The molecule has 3 aromatic rings. The Morgan fingerprint density at radius 3 is 2.95 bits per heavy atom. The van der Waals surface area contributed by atoms with Gasteiger partial charge in [-0.3, -0.25) is 0 Å². The minimum atomic E-state index is 0.364. The first kappa shape index (κ1) is 12.6. The van der Waals surface area contributed by atoms with Gasteiger partial charge in [0, 0.05) is 18.0 Å². The van der Waals surface area contributed by atoms with E-state index >= 15 is 0 Å². The number of nitrogens with two attached hydrogens (primary N) is 1. The highest BCUT2D eigenvalue weighted by molar-refractivity contribution is 7.80. The number of imidazole rings is 1. The van der Waals surface area contributed by atoms with Gasteiger partial charge < -0.3 is 14.9 Å². The van der Waals surface area contributed by atoms with Crippen molar-refractivity contribution < 1.29 is 4.74 Å². The van der Waals surface area contributed by atoms with E-state index in [-0.39, 0.29) is 0 Å². The van der Waals surface area contributed by atoms with Crippen LogP contribution in [0, 0.1) is 0 Å². The molecule has 0 amide bonds. The van der Waals surface area contributed by atoms with E-state index in [1.165, 1.54) is 0 Å². The summed E-state index contributed by atoms with van der Waals surface area (Å²) >= 11 is 4.95. The summed E-state index contributed by atoms with van der Waals surface area (Å²) in [6, 6.07) is 13.3. The molecule has 0 aliphatic rings. The summed E-state index contributed by atoms with van der Waals surface area (Å²) < 4.78 is 7.68. The molecule has 1 aromatic carbocycles. The molecule has 0 fully saturated rings. The van der Waals surface area contributed by atoms with E-state index in [0.717, 1.165) is 22.7 Å². The number of hydrogen-bond acceptors (Lipinski definition) is 3. The molecule has 100 valence electrons. The number of ether oxygens (including phenoxy) is 1. The number of hydrogen-bond donors (Lipinski definition) is 1. The second kappa shape index (κ2) is 5.30. The second-order valence-electron chi connectivity index (χ2n) is 4.38. The molecular weight excluding hydrogens is 270 g/mol. The molecule has 5 heteroatoms. The smallest absolute Gasteiger partial charge is 0.137 e. The van der Waals surface area contributed by atoms with Gasteiger partial charge in [-0.25, -0.2) is 4.98 Å². The molecule has 0 bridgehead atoms. The van der Waals surface area contributed by atoms with Gasteiger partial charge in [-0.05, 0) is 24.3 Å². The molecule has 0 aliphatic heterocycles. The Kier molecular flexibility index (Phi) is 3.35. The minimum Gasteiger partial charge on any atom is -0.487 e. The van der Waals surface area contributed by atoms with Gasteiger partial charge in [0.1, 0.15) is 23.0 Å². The van der Waals surface area contributed by atoms with Crippen LogP contribution in [0.3, 0.4) is 0 Å². The van der Waals surface area contributed by atoms with Crippen molar-refractivity contribution in [1.82, 2.24) is 9.38 Å². The van der Waals surface area contributed by atoms with Gasteiger partial charge in [0.05, 0.1) is 5.69 Å². The van der Waals surface area contributed by atoms with E-state index in [9.17, 15) is 0 Å². The number of aromatic nitrogens is 2. The highest BCUT2D eigenvalue weighted by Crippen LogP contribution is 2.15. The summed E-state index contributed by atoms with van der Waals surface area (Å²) in [5, 5.41) is 0. The lowest BCUT2D eigenvalue weighted by Gasteiger charge is -2.05. The van der Waals surface area contributed by atoms with Crippen LogP contribution in [-0.4, -0.2) is 14.4 Å². The first-order valence-corrected chi connectivity index (χ1v) is 6.58. The fourth-order valence-electron chi connectivity index (χ4n) is 1.95. The number of pyridine rings is 1. The molecule has 2 N–H and O–H groups in total. The molecule has 0 saturated heterocycles. The average Bonchev–Trinajstić information content (AvgIpc) is 2.88. The molecule has 0 radical (unpaired) electrons. The molecular formula is C15H13N3OS. The number of benzene rings is 1. The van der Waals surface area contributed by atoms with Gasteiger partial charge >= 0.3 is 0 Å². The number of rotatable bonds is 4. The van der Waals surface area contributed by atoms with Crippen LogP contribution in [-0.2, 0) is 6.61 Å². The van der Waals surface area contributed by atoms with E-state index in [0.29, 0.717) is 11.6 Å². The molecule has 0 spiro atoms. The monoisotopic (exact) mass is 283 g/mol. The molecule has 0 unspecified atom stereocenters. The van der Waals surface area contributed by atoms with Gasteiger partial charge in [0.25, 0.3) is 0 Å². The highest BCUT2D eigenvalue weighted by atomic mass is 32.1. The van der Waals surface area contributed by atoms with Gasteiger partial charge in [0.2, 0.25) is 0 Å². The number of thiocarbonyl (C=S) groups is 1. The number of fused-ring (bicyclic) bond motifs is 1. The second-order valence-corrected chi connectivity index (χ2v) is 4.82. The lowest BCUT2D eigenvalue weighted by Crippen LogP contribution is -2.09. The first-order chi connectivity index (χ1) is 9.72. The molecule has 0 atom stereocenters. The van der Waals surface area contributed by atoms with Crippen LogP contribution in [0.15, 0.2) is 54.9 Å². The summed E-state index contributed by atoms with van der Waals surface area (Å²) in [4.78, 5) is 4.84. The van der Waals surface area contributed by atoms with Crippen molar-refractivity contribution in [3.8, 4) is 5.75 Å². The van der Waals surface area contributed by atoms with Gasteiger partial charge in [-0.2, -0.15) is 0 Å². The highest BCUT2D eigenvalue weighted by Gasteiger charge is 2.03. The van der Waals surface area contributed by atoms with Crippen LogP contribution in [0.25, 0.3) is 5.65 Å². The first-order valence-electron chi connectivity index (χ1n) is 6.18. The standard InChI is InChI=1S/C15H13N3OS/c16-15(20)11-4-3-5-13(8-11)19-10-12-9-18-7-2-1-6-14(18)17-12/h1-9H,10H2,(H2,16,20). The zero-order valence-electron chi connectivity index (χ0n) is 10.7. The Bertz CT molecular complexity index is 733. The van der Waals surface area contributed by atoms with Gasteiger partial charge in [0.15, 0.2) is 0 Å². The molecule has 2 heterocycles. The van der Waals surface area contributed by atoms with Crippen LogP contribution < -0.4 is 10.5 Å². The zero-order valence-corrected chi connectivity index (χ0v) is 11.5. The van der Waals surface area contributed by atoms with E-state index in [1.807, 2.05) is 59.3 Å². The average molecular weight is 283 g/mol. The molecule has 20 heavy (non-hydrogen) atoms. The summed E-state index contributed by atoms with van der Waals surface area (Å²) in [5.74, 6) is 0.729. The molecule has 0 aliphatic carbocycles. The minimum absolute atomic E-state index is 0.364. The lowest BCUT2D eigenvalue weighted by molar-refractivity contribution is 0.302. The third-order valence-electron chi connectivity index (χ3n) is 2.92. The maximum atomic E-state index is 5.72. The van der Waals surface area contributed by atoms with Crippen molar-refractivity contribution in [1.29, 1.82) is 0 Å².